The number of aryl methyl sites for hydroxylation is 1. The Kier molecular flexibility index (Phi) is 5.08. The van der Waals surface area contributed by atoms with E-state index in [0.717, 1.165) is 10.9 Å². The molecule has 20 heavy (non-hydrogen) atoms. The molecule has 2 unspecified atom stereocenters. The van der Waals surface area contributed by atoms with Crippen LogP contribution in [-0.2, 0) is 0 Å². The van der Waals surface area contributed by atoms with E-state index in [1.807, 2.05) is 6.07 Å². The third-order valence-corrected chi connectivity index (χ3v) is 4.70. The first-order valence-electron chi connectivity index (χ1n) is 6.87. The second kappa shape index (κ2) is 6.61. The minimum Gasteiger partial charge on any atom is -0.362 e. The predicted molar refractivity (Wildman–Crippen MR) is 89.9 cm³/mol. The minimum atomic E-state index is 0.0326. The molecule has 0 saturated carbocycles. The maximum atomic E-state index is 6.25. The Morgan fingerprint density at radius 3 is 2.55 bits per heavy atom. The number of benzene rings is 1. The molecular formula is C16H21ClN2S. The lowest BCUT2D eigenvalue weighted by molar-refractivity contribution is 0.545. The van der Waals surface area contributed by atoms with Crippen molar-refractivity contribution in [3.8, 4) is 0 Å². The topological polar surface area (TPSA) is 29.3 Å². The fraction of sp³-hybridized carbons (Fsp3) is 0.375. The van der Waals surface area contributed by atoms with Gasteiger partial charge in [0.05, 0.1) is 10.4 Å². The summed E-state index contributed by atoms with van der Waals surface area (Å²) in [6.07, 6.45) is 0. The molecule has 1 aromatic heterocycles. The average Bonchev–Trinajstić information content (AvgIpc) is 2.81. The van der Waals surface area contributed by atoms with Crippen molar-refractivity contribution in [2.75, 3.05) is 11.4 Å². The van der Waals surface area contributed by atoms with Gasteiger partial charge in [0, 0.05) is 23.2 Å². The van der Waals surface area contributed by atoms with Gasteiger partial charge in [-0.3, -0.25) is 0 Å². The number of nitrogens with two attached hydrogens (primary N) is 1. The van der Waals surface area contributed by atoms with E-state index in [4.69, 9.17) is 17.3 Å². The molecule has 0 aliphatic rings. The summed E-state index contributed by atoms with van der Waals surface area (Å²) < 4.78 is 0.811. The zero-order valence-corrected chi connectivity index (χ0v) is 13.7. The minimum absolute atomic E-state index is 0.0326. The van der Waals surface area contributed by atoms with Gasteiger partial charge < -0.3 is 10.6 Å². The van der Waals surface area contributed by atoms with Gasteiger partial charge in [0.2, 0.25) is 0 Å². The van der Waals surface area contributed by atoms with E-state index < -0.39 is 0 Å². The summed E-state index contributed by atoms with van der Waals surface area (Å²) in [5.74, 6) is 0. The van der Waals surface area contributed by atoms with Crippen LogP contribution >= 0.6 is 22.9 Å². The van der Waals surface area contributed by atoms with Crippen LogP contribution in [0, 0.1) is 6.92 Å². The third kappa shape index (κ3) is 3.35. The Labute approximate surface area is 130 Å². The number of anilines is 1. The monoisotopic (exact) mass is 308 g/mol. The zero-order valence-electron chi connectivity index (χ0n) is 12.1. The first kappa shape index (κ1) is 15.4. The largest absolute Gasteiger partial charge is 0.362 e. The highest BCUT2D eigenvalue weighted by Gasteiger charge is 2.25. The van der Waals surface area contributed by atoms with Crippen molar-refractivity contribution < 1.29 is 0 Å². The highest BCUT2D eigenvalue weighted by molar-refractivity contribution is 7.16. The molecule has 0 bridgehead atoms. The summed E-state index contributed by atoms with van der Waals surface area (Å²) in [6, 6.07) is 12.8. The smallest absolute Gasteiger partial charge is 0.0932 e. The fourth-order valence-electron chi connectivity index (χ4n) is 2.53. The number of likely N-dealkylation sites (N-methyl/N-ethyl adjacent to an activating group) is 1. The molecule has 0 aliphatic heterocycles. The molecule has 4 heteroatoms. The van der Waals surface area contributed by atoms with Gasteiger partial charge in [0.1, 0.15) is 0 Å². The molecule has 1 aromatic carbocycles. The number of thiophene rings is 1. The summed E-state index contributed by atoms with van der Waals surface area (Å²) in [5.41, 5.74) is 8.72. The van der Waals surface area contributed by atoms with Gasteiger partial charge in [-0.05, 0) is 50.6 Å². The number of hydrogen-bond acceptors (Lipinski definition) is 3. The van der Waals surface area contributed by atoms with Crippen molar-refractivity contribution in [1.29, 1.82) is 0 Å². The van der Waals surface area contributed by atoms with Crippen LogP contribution in [0.2, 0.25) is 4.34 Å². The lowest BCUT2D eigenvalue weighted by Crippen LogP contribution is -2.39. The van der Waals surface area contributed by atoms with E-state index in [1.165, 1.54) is 16.1 Å². The summed E-state index contributed by atoms with van der Waals surface area (Å²) in [4.78, 5) is 3.56. The second-order valence-corrected chi connectivity index (χ2v) is 6.82. The SMILES string of the molecule is CCN(c1cccc(C)c1)C(c1ccc(Cl)s1)C(C)N. The van der Waals surface area contributed by atoms with E-state index in [9.17, 15) is 0 Å². The van der Waals surface area contributed by atoms with Crippen LogP contribution in [0.1, 0.15) is 30.3 Å². The van der Waals surface area contributed by atoms with E-state index in [1.54, 1.807) is 11.3 Å². The quantitative estimate of drug-likeness (QED) is 0.873. The third-order valence-electron chi connectivity index (χ3n) is 3.39. The Hall–Kier alpha value is -1.03. The maximum Gasteiger partial charge on any atom is 0.0932 e. The molecule has 0 saturated heterocycles. The summed E-state index contributed by atoms with van der Waals surface area (Å²) in [6.45, 7) is 7.23. The molecule has 2 atom stereocenters. The number of nitrogens with zero attached hydrogens (tertiary/aromatic N) is 1. The lowest BCUT2D eigenvalue weighted by Gasteiger charge is -2.35. The van der Waals surface area contributed by atoms with Gasteiger partial charge in [0.25, 0.3) is 0 Å². The number of rotatable bonds is 5. The first-order valence-corrected chi connectivity index (χ1v) is 8.06. The Bertz CT molecular complexity index is 565. The molecule has 0 amide bonds. The molecule has 2 N–H and O–H groups in total. The van der Waals surface area contributed by atoms with Crippen LogP contribution in [-0.4, -0.2) is 12.6 Å². The van der Waals surface area contributed by atoms with E-state index in [2.05, 4.69) is 56.0 Å². The van der Waals surface area contributed by atoms with E-state index in [0.29, 0.717) is 0 Å². The molecule has 2 rings (SSSR count). The van der Waals surface area contributed by atoms with Crippen molar-refractivity contribution in [2.24, 2.45) is 5.73 Å². The van der Waals surface area contributed by atoms with Crippen LogP contribution in [0.4, 0.5) is 5.69 Å². The van der Waals surface area contributed by atoms with Crippen LogP contribution < -0.4 is 10.6 Å². The molecule has 2 nitrogen and oxygen atoms in total. The van der Waals surface area contributed by atoms with Crippen LogP contribution in [0.5, 0.6) is 0 Å². The predicted octanol–water partition coefficient (Wildman–Crippen LogP) is 4.62. The molecule has 2 aromatic rings. The van der Waals surface area contributed by atoms with Gasteiger partial charge in [0.15, 0.2) is 0 Å². The molecular weight excluding hydrogens is 288 g/mol. The van der Waals surface area contributed by atoms with Gasteiger partial charge in [-0.1, -0.05) is 23.7 Å². The van der Waals surface area contributed by atoms with Gasteiger partial charge in [-0.25, -0.2) is 0 Å². The highest BCUT2D eigenvalue weighted by atomic mass is 35.5. The van der Waals surface area contributed by atoms with Gasteiger partial charge in [-0.2, -0.15) is 0 Å². The summed E-state index contributed by atoms with van der Waals surface area (Å²) in [7, 11) is 0. The van der Waals surface area contributed by atoms with Crippen molar-refractivity contribution in [1.82, 2.24) is 0 Å². The van der Waals surface area contributed by atoms with Gasteiger partial charge in [-0.15, -0.1) is 11.3 Å². The normalized spacial score (nSPS) is 14.1. The second-order valence-electron chi connectivity index (χ2n) is 5.07. The maximum absolute atomic E-state index is 6.25. The van der Waals surface area contributed by atoms with E-state index in [-0.39, 0.29) is 12.1 Å². The van der Waals surface area contributed by atoms with Crippen molar-refractivity contribution in [2.45, 2.75) is 32.9 Å². The zero-order chi connectivity index (χ0) is 14.7. The lowest BCUT2D eigenvalue weighted by atomic mass is 10.1. The van der Waals surface area contributed by atoms with Gasteiger partial charge >= 0.3 is 0 Å². The standard InChI is InChI=1S/C16H21ClN2S/c1-4-19(13-7-5-6-11(2)10-13)16(12(3)18)14-8-9-15(17)20-14/h5-10,12,16H,4,18H2,1-3H3. The highest BCUT2D eigenvalue weighted by Crippen LogP contribution is 2.35. The molecule has 1 heterocycles. The Morgan fingerprint density at radius 2 is 2.05 bits per heavy atom. The Morgan fingerprint density at radius 1 is 1.30 bits per heavy atom. The molecule has 0 radical (unpaired) electrons. The van der Waals surface area contributed by atoms with Crippen LogP contribution in [0.3, 0.4) is 0 Å². The number of hydrogen-bond donors (Lipinski definition) is 1. The molecule has 0 fully saturated rings. The van der Waals surface area contributed by atoms with E-state index >= 15 is 0 Å². The average molecular weight is 309 g/mol. The first-order chi connectivity index (χ1) is 9.52. The van der Waals surface area contributed by atoms with Crippen molar-refractivity contribution >= 4 is 28.6 Å². The molecule has 108 valence electrons. The molecule has 0 aliphatic carbocycles. The van der Waals surface area contributed by atoms with Crippen molar-refractivity contribution in [3.05, 3.63) is 51.2 Å². The van der Waals surface area contributed by atoms with Crippen LogP contribution in [0.15, 0.2) is 36.4 Å². The summed E-state index contributed by atoms with van der Waals surface area (Å²) in [5, 5.41) is 0. The van der Waals surface area contributed by atoms with Crippen LogP contribution in [0.25, 0.3) is 0 Å². The Balaban J connectivity index is 2.40. The summed E-state index contributed by atoms with van der Waals surface area (Å²) >= 11 is 7.70. The fourth-order valence-corrected chi connectivity index (χ4v) is 3.82. The number of halogens is 1. The molecule has 0 spiro atoms. The van der Waals surface area contributed by atoms with Crippen molar-refractivity contribution in [3.63, 3.8) is 0 Å².